The molecule has 0 saturated carbocycles. The molecule has 1 N–H and O–H groups in total. The second kappa shape index (κ2) is 8.60. The van der Waals surface area contributed by atoms with Gasteiger partial charge >= 0.3 is 7.60 Å². The van der Waals surface area contributed by atoms with E-state index in [1.54, 1.807) is 26.8 Å². The molecule has 1 heterocycles. The third kappa shape index (κ3) is 4.43. The first-order valence-electron chi connectivity index (χ1n) is 6.51. The summed E-state index contributed by atoms with van der Waals surface area (Å²) in [5.41, 5.74) is 0. The van der Waals surface area contributed by atoms with Crippen LogP contribution in [0.3, 0.4) is 0 Å². The van der Waals surface area contributed by atoms with Crippen LogP contribution in [0, 0.1) is 0 Å². The number of rotatable bonds is 9. The van der Waals surface area contributed by atoms with Crippen LogP contribution >= 0.6 is 18.9 Å². The Morgan fingerprint density at radius 2 is 2.00 bits per heavy atom. The first kappa shape index (κ1) is 17.4. The van der Waals surface area contributed by atoms with E-state index in [2.05, 4.69) is 0 Å². The Hall–Kier alpha value is -0.650. The fourth-order valence-electron chi connectivity index (χ4n) is 1.57. The topological polar surface area (TPSA) is 65.0 Å². The normalized spacial score (nSPS) is 14.3. The second-order valence-electron chi connectivity index (χ2n) is 3.75. The molecular weight excluding hydrogens is 299 g/mol. The van der Waals surface area contributed by atoms with E-state index < -0.39 is 13.7 Å². The first-order chi connectivity index (χ1) is 9.59. The maximum atomic E-state index is 12.8. The zero-order valence-corrected chi connectivity index (χ0v) is 13.7. The molecular formula is C13H21O5PS. The number of hydrogen-bond donors (Lipinski definition) is 1. The third-order valence-corrected chi connectivity index (χ3v) is 5.48. The predicted molar refractivity (Wildman–Crippen MR) is 79.8 cm³/mol. The SMILES string of the molecule is CCO/C=C(\C(O)c1cccs1)P(=O)(OCC)OCC. The van der Waals surface area contributed by atoms with Crippen LogP contribution in [-0.4, -0.2) is 24.9 Å². The lowest BCUT2D eigenvalue weighted by atomic mass is 10.3. The molecule has 20 heavy (non-hydrogen) atoms. The maximum absolute atomic E-state index is 12.8. The lowest BCUT2D eigenvalue weighted by Crippen LogP contribution is -2.07. The van der Waals surface area contributed by atoms with Gasteiger partial charge in [0.05, 0.1) is 26.1 Å². The minimum absolute atomic E-state index is 0.130. The van der Waals surface area contributed by atoms with Gasteiger partial charge in [-0.3, -0.25) is 4.57 Å². The van der Waals surface area contributed by atoms with E-state index >= 15 is 0 Å². The molecule has 0 radical (unpaired) electrons. The van der Waals surface area contributed by atoms with Crippen molar-refractivity contribution < 1.29 is 23.5 Å². The van der Waals surface area contributed by atoms with Crippen LogP contribution in [0.5, 0.6) is 0 Å². The van der Waals surface area contributed by atoms with Crippen molar-refractivity contribution in [1.82, 2.24) is 0 Å². The van der Waals surface area contributed by atoms with Gasteiger partial charge in [-0.05, 0) is 32.2 Å². The largest absolute Gasteiger partial charge is 0.501 e. The summed E-state index contributed by atoms with van der Waals surface area (Å²) in [6.07, 6.45) is 0.224. The van der Waals surface area contributed by atoms with Crippen LogP contribution < -0.4 is 0 Å². The molecule has 1 aromatic heterocycles. The molecule has 0 spiro atoms. The summed E-state index contributed by atoms with van der Waals surface area (Å²) in [5.74, 6) is 0. The van der Waals surface area contributed by atoms with Gasteiger partial charge < -0.3 is 18.9 Å². The van der Waals surface area contributed by atoms with Crippen molar-refractivity contribution >= 4 is 18.9 Å². The number of ether oxygens (including phenoxy) is 1. The van der Waals surface area contributed by atoms with Crippen LogP contribution in [-0.2, 0) is 18.3 Å². The smallest absolute Gasteiger partial charge is 0.363 e. The van der Waals surface area contributed by atoms with Crippen LogP contribution in [0.2, 0.25) is 0 Å². The Kier molecular flexibility index (Phi) is 7.48. The summed E-state index contributed by atoms with van der Waals surface area (Å²) in [4.78, 5) is 0.663. The van der Waals surface area contributed by atoms with Crippen molar-refractivity contribution in [3.8, 4) is 0 Å². The zero-order valence-electron chi connectivity index (χ0n) is 11.9. The Balaban J connectivity index is 3.13. The number of thiophene rings is 1. The molecule has 1 atom stereocenters. The number of aliphatic hydroxyl groups is 1. The van der Waals surface area contributed by atoms with Gasteiger partial charge in [0, 0.05) is 4.88 Å². The minimum atomic E-state index is -3.56. The molecule has 0 amide bonds. The monoisotopic (exact) mass is 320 g/mol. The van der Waals surface area contributed by atoms with E-state index in [1.807, 2.05) is 11.4 Å². The molecule has 7 heteroatoms. The summed E-state index contributed by atoms with van der Waals surface area (Å²) in [5, 5.41) is 12.4. The third-order valence-electron chi connectivity index (χ3n) is 2.38. The van der Waals surface area contributed by atoms with E-state index in [4.69, 9.17) is 13.8 Å². The van der Waals surface area contributed by atoms with Crippen molar-refractivity contribution in [1.29, 1.82) is 0 Å². The minimum Gasteiger partial charge on any atom is -0.501 e. The van der Waals surface area contributed by atoms with Crippen molar-refractivity contribution in [3.05, 3.63) is 34.0 Å². The zero-order chi connectivity index (χ0) is 15.0. The van der Waals surface area contributed by atoms with Gasteiger partial charge in [-0.15, -0.1) is 11.3 Å². The van der Waals surface area contributed by atoms with Gasteiger partial charge in [-0.2, -0.15) is 0 Å². The van der Waals surface area contributed by atoms with Gasteiger partial charge in [-0.1, -0.05) is 6.07 Å². The van der Waals surface area contributed by atoms with Crippen LogP contribution in [0.25, 0.3) is 0 Å². The lowest BCUT2D eigenvalue weighted by Gasteiger charge is -2.22. The Morgan fingerprint density at radius 3 is 2.45 bits per heavy atom. The van der Waals surface area contributed by atoms with Gasteiger partial charge in [0.1, 0.15) is 11.4 Å². The molecule has 1 rings (SSSR count). The van der Waals surface area contributed by atoms with E-state index in [-0.39, 0.29) is 18.5 Å². The predicted octanol–water partition coefficient (Wildman–Crippen LogP) is 3.93. The van der Waals surface area contributed by atoms with E-state index in [9.17, 15) is 9.67 Å². The average molecular weight is 320 g/mol. The lowest BCUT2D eigenvalue weighted by molar-refractivity contribution is 0.184. The summed E-state index contributed by atoms with van der Waals surface area (Å²) in [6, 6.07) is 3.57. The quantitative estimate of drug-likeness (QED) is 0.552. The van der Waals surface area contributed by atoms with Gasteiger partial charge in [0.25, 0.3) is 0 Å². The fraction of sp³-hybridized carbons (Fsp3) is 0.538. The highest BCUT2D eigenvalue weighted by Crippen LogP contribution is 2.60. The summed E-state index contributed by atoms with van der Waals surface area (Å²) in [6.45, 7) is 6.09. The van der Waals surface area contributed by atoms with E-state index in [0.29, 0.717) is 11.5 Å². The average Bonchev–Trinajstić information content (AvgIpc) is 2.93. The van der Waals surface area contributed by atoms with Crippen LogP contribution in [0.4, 0.5) is 0 Å². The van der Waals surface area contributed by atoms with E-state index in [1.165, 1.54) is 17.6 Å². The molecule has 0 aliphatic heterocycles. The molecule has 0 aliphatic carbocycles. The molecule has 1 aromatic rings. The highest BCUT2D eigenvalue weighted by molar-refractivity contribution is 7.58. The Morgan fingerprint density at radius 1 is 1.35 bits per heavy atom. The number of hydrogen-bond acceptors (Lipinski definition) is 6. The molecule has 0 aliphatic rings. The Labute approximate surface area is 123 Å². The summed E-state index contributed by atoms with van der Waals surface area (Å²) < 4.78 is 28.6. The van der Waals surface area contributed by atoms with Gasteiger partial charge in [0.15, 0.2) is 0 Å². The molecule has 0 aromatic carbocycles. The fourth-order valence-corrected chi connectivity index (χ4v) is 4.08. The summed E-state index contributed by atoms with van der Waals surface area (Å²) >= 11 is 1.37. The molecule has 0 fully saturated rings. The van der Waals surface area contributed by atoms with Gasteiger partial charge in [0.2, 0.25) is 0 Å². The second-order valence-corrected chi connectivity index (χ2v) is 6.76. The Bertz CT molecular complexity index is 447. The molecule has 1 unspecified atom stereocenters. The van der Waals surface area contributed by atoms with Crippen molar-refractivity contribution in [2.24, 2.45) is 0 Å². The highest BCUT2D eigenvalue weighted by atomic mass is 32.1. The molecule has 0 bridgehead atoms. The first-order valence-corrected chi connectivity index (χ1v) is 8.94. The molecule has 0 saturated heterocycles. The van der Waals surface area contributed by atoms with Crippen LogP contribution in [0.1, 0.15) is 31.8 Å². The van der Waals surface area contributed by atoms with E-state index in [0.717, 1.165) is 0 Å². The van der Waals surface area contributed by atoms with Crippen molar-refractivity contribution in [2.75, 3.05) is 19.8 Å². The molecule has 114 valence electrons. The summed E-state index contributed by atoms with van der Waals surface area (Å²) in [7, 11) is -3.56. The number of aliphatic hydroxyl groups excluding tert-OH is 1. The highest BCUT2D eigenvalue weighted by Gasteiger charge is 2.36. The van der Waals surface area contributed by atoms with Gasteiger partial charge in [-0.25, -0.2) is 0 Å². The van der Waals surface area contributed by atoms with Crippen molar-refractivity contribution in [3.63, 3.8) is 0 Å². The standard InChI is InChI=1S/C13H21O5PS/c1-4-16-10-11(13(14)12-8-7-9-20-12)19(15,17-5-2)18-6-3/h7-10,13-14H,4-6H2,1-3H3/b11-10+. The van der Waals surface area contributed by atoms with Crippen molar-refractivity contribution in [2.45, 2.75) is 26.9 Å². The maximum Gasteiger partial charge on any atom is 0.363 e. The molecule has 5 nitrogen and oxygen atoms in total. The van der Waals surface area contributed by atoms with Crippen LogP contribution in [0.15, 0.2) is 29.1 Å².